The third-order valence-corrected chi connectivity index (χ3v) is 4.22. The number of benzene rings is 1. The number of hydrogen-bond acceptors (Lipinski definition) is 7. The lowest BCUT2D eigenvalue weighted by Gasteiger charge is -2.35. The predicted octanol–water partition coefficient (Wildman–Crippen LogP) is 1.93. The van der Waals surface area contributed by atoms with Crippen molar-refractivity contribution >= 4 is 22.8 Å². The van der Waals surface area contributed by atoms with E-state index in [1.807, 2.05) is 19.1 Å². The second-order valence-electron chi connectivity index (χ2n) is 5.59. The molecule has 3 rings (SSSR count). The van der Waals surface area contributed by atoms with Crippen LogP contribution in [-0.4, -0.2) is 68.0 Å². The highest BCUT2D eigenvalue weighted by Gasteiger charge is 2.24. The molecule has 2 heterocycles. The zero-order valence-corrected chi connectivity index (χ0v) is 14.7. The molecule has 25 heavy (non-hydrogen) atoms. The normalized spacial score (nSPS) is 14.5. The van der Waals surface area contributed by atoms with Gasteiger partial charge in [0.05, 0.1) is 26.3 Å². The molecule has 0 spiro atoms. The quantitative estimate of drug-likeness (QED) is 0.837. The van der Waals surface area contributed by atoms with Gasteiger partial charge in [-0.2, -0.15) is 0 Å². The van der Waals surface area contributed by atoms with Gasteiger partial charge in [-0.05, 0) is 13.0 Å². The lowest BCUT2D eigenvalue weighted by Crippen LogP contribution is -2.49. The molecule has 1 aliphatic rings. The molecule has 1 fully saturated rings. The minimum Gasteiger partial charge on any atom is -0.493 e. The van der Waals surface area contributed by atoms with Crippen LogP contribution < -0.4 is 14.4 Å². The van der Waals surface area contributed by atoms with E-state index >= 15 is 0 Å². The monoisotopic (exact) mass is 346 g/mol. The molecule has 1 aromatic carbocycles. The van der Waals surface area contributed by atoms with Crippen molar-refractivity contribution in [1.29, 1.82) is 0 Å². The van der Waals surface area contributed by atoms with E-state index in [9.17, 15) is 4.79 Å². The molecule has 8 nitrogen and oxygen atoms in total. The van der Waals surface area contributed by atoms with Gasteiger partial charge >= 0.3 is 6.09 Å². The maximum atomic E-state index is 11.8. The Kier molecular flexibility index (Phi) is 5.06. The summed E-state index contributed by atoms with van der Waals surface area (Å²) >= 11 is 0. The smallest absolute Gasteiger partial charge is 0.409 e. The standard InChI is InChI=1S/C17H22N4O4/c1-4-25-17(22)21-7-5-20(6-8-21)16-12-9-14(23-2)15(24-3)10-13(12)18-11-19-16/h9-11H,4-8H2,1-3H3. The zero-order valence-electron chi connectivity index (χ0n) is 14.7. The van der Waals surface area contributed by atoms with Gasteiger partial charge < -0.3 is 24.0 Å². The van der Waals surface area contributed by atoms with Crippen LogP contribution in [0.3, 0.4) is 0 Å². The van der Waals surface area contributed by atoms with Gasteiger partial charge in [0.2, 0.25) is 0 Å². The average Bonchev–Trinajstić information content (AvgIpc) is 2.66. The van der Waals surface area contributed by atoms with Gasteiger partial charge in [0.15, 0.2) is 11.5 Å². The molecule has 0 bridgehead atoms. The molecule has 1 aliphatic heterocycles. The van der Waals surface area contributed by atoms with Gasteiger partial charge in [-0.15, -0.1) is 0 Å². The van der Waals surface area contributed by atoms with Crippen LogP contribution in [0.5, 0.6) is 11.5 Å². The van der Waals surface area contributed by atoms with Gasteiger partial charge in [-0.3, -0.25) is 0 Å². The Balaban J connectivity index is 1.86. The van der Waals surface area contributed by atoms with E-state index in [-0.39, 0.29) is 6.09 Å². The van der Waals surface area contributed by atoms with Gasteiger partial charge in [-0.25, -0.2) is 14.8 Å². The minimum absolute atomic E-state index is 0.263. The van der Waals surface area contributed by atoms with E-state index < -0.39 is 0 Å². The molecule has 8 heteroatoms. The Morgan fingerprint density at radius 3 is 2.40 bits per heavy atom. The van der Waals surface area contributed by atoms with Crippen LogP contribution in [0.4, 0.5) is 10.6 Å². The second-order valence-corrected chi connectivity index (χ2v) is 5.59. The van der Waals surface area contributed by atoms with E-state index in [0.29, 0.717) is 44.3 Å². The van der Waals surface area contributed by atoms with Crippen molar-refractivity contribution in [2.75, 3.05) is 51.9 Å². The maximum absolute atomic E-state index is 11.8. The van der Waals surface area contributed by atoms with Crippen molar-refractivity contribution in [3.63, 3.8) is 0 Å². The number of hydrogen-bond donors (Lipinski definition) is 0. The van der Waals surface area contributed by atoms with E-state index in [2.05, 4.69) is 14.9 Å². The number of rotatable bonds is 4. The predicted molar refractivity (Wildman–Crippen MR) is 93.5 cm³/mol. The van der Waals surface area contributed by atoms with Crippen molar-refractivity contribution in [2.24, 2.45) is 0 Å². The number of piperazine rings is 1. The second kappa shape index (κ2) is 7.42. The van der Waals surface area contributed by atoms with Gasteiger partial charge in [0, 0.05) is 37.6 Å². The molecule has 0 aliphatic carbocycles. The zero-order chi connectivity index (χ0) is 17.8. The number of anilines is 1. The highest BCUT2D eigenvalue weighted by atomic mass is 16.6. The lowest BCUT2D eigenvalue weighted by molar-refractivity contribution is 0.105. The average molecular weight is 346 g/mol. The Morgan fingerprint density at radius 2 is 1.76 bits per heavy atom. The van der Waals surface area contributed by atoms with Crippen LogP contribution in [0.2, 0.25) is 0 Å². The van der Waals surface area contributed by atoms with Crippen LogP contribution in [0.1, 0.15) is 6.92 Å². The minimum atomic E-state index is -0.263. The molecular weight excluding hydrogens is 324 g/mol. The molecule has 1 amide bonds. The third kappa shape index (κ3) is 3.38. The first kappa shape index (κ1) is 17.1. The van der Waals surface area contributed by atoms with Crippen LogP contribution >= 0.6 is 0 Å². The topological polar surface area (TPSA) is 77.0 Å². The molecule has 1 saturated heterocycles. The number of carbonyl (C=O) groups excluding carboxylic acids is 1. The van der Waals surface area contributed by atoms with Crippen molar-refractivity contribution in [2.45, 2.75) is 6.92 Å². The fraction of sp³-hybridized carbons (Fsp3) is 0.471. The summed E-state index contributed by atoms with van der Waals surface area (Å²) in [5.74, 6) is 2.09. The highest BCUT2D eigenvalue weighted by molar-refractivity contribution is 5.92. The van der Waals surface area contributed by atoms with Crippen molar-refractivity contribution < 1.29 is 19.0 Å². The van der Waals surface area contributed by atoms with Crippen LogP contribution in [-0.2, 0) is 4.74 Å². The van der Waals surface area contributed by atoms with Gasteiger partial charge in [0.25, 0.3) is 0 Å². The lowest BCUT2D eigenvalue weighted by atomic mass is 10.2. The number of nitrogens with zero attached hydrogens (tertiary/aromatic N) is 4. The summed E-state index contributed by atoms with van der Waals surface area (Å²) in [7, 11) is 3.20. The summed E-state index contributed by atoms with van der Waals surface area (Å²) in [6, 6.07) is 3.73. The number of methoxy groups -OCH3 is 2. The van der Waals surface area contributed by atoms with E-state index in [4.69, 9.17) is 14.2 Å². The Morgan fingerprint density at radius 1 is 1.08 bits per heavy atom. The number of ether oxygens (including phenoxy) is 3. The molecule has 0 N–H and O–H groups in total. The Hall–Kier alpha value is -2.77. The van der Waals surface area contributed by atoms with Crippen molar-refractivity contribution in [3.05, 3.63) is 18.5 Å². The van der Waals surface area contributed by atoms with Crippen molar-refractivity contribution in [1.82, 2.24) is 14.9 Å². The summed E-state index contributed by atoms with van der Waals surface area (Å²) in [6.45, 7) is 4.74. The molecule has 134 valence electrons. The largest absolute Gasteiger partial charge is 0.493 e. The molecule has 0 radical (unpaired) electrons. The van der Waals surface area contributed by atoms with Gasteiger partial charge in [-0.1, -0.05) is 0 Å². The molecule has 1 aromatic heterocycles. The number of fused-ring (bicyclic) bond motifs is 1. The summed E-state index contributed by atoms with van der Waals surface area (Å²) in [4.78, 5) is 24.5. The Labute approximate surface area is 146 Å². The molecule has 0 saturated carbocycles. The third-order valence-electron chi connectivity index (χ3n) is 4.22. The van der Waals surface area contributed by atoms with Crippen molar-refractivity contribution in [3.8, 4) is 11.5 Å². The van der Waals surface area contributed by atoms with Gasteiger partial charge in [0.1, 0.15) is 12.1 Å². The summed E-state index contributed by atoms with van der Waals surface area (Å²) in [5.41, 5.74) is 0.787. The summed E-state index contributed by atoms with van der Waals surface area (Å²) in [6.07, 6.45) is 1.28. The fourth-order valence-electron chi connectivity index (χ4n) is 2.94. The fourth-order valence-corrected chi connectivity index (χ4v) is 2.94. The highest BCUT2D eigenvalue weighted by Crippen LogP contribution is 2.34. The number of aromatic nitrogens is 2. The maximum Gasteiger partial charge on any atom is 0.409 e. The SMILES string of the molecule is CCOC(=O)N1CCN(c2ncnc3cc(OC)c(OC)cc23)CC1. The van der Waals surface area contributed by atoms with E-state index in [1.54, 1.807) is 25.4 Å². The summed E-state index contributed by atoms with van der Waals surface area (Å²) < 4.78 is 15.8. The van der Waals surface area contributed by atoms with Crippen LogP contribution in [0.25, 0.3) is 10.9 Å². The molecule has 0 atom stereocenters. The van der Waals surface area contributed by atoms with E-state index in [1.165, 1.54) is 0 Å². The van der Waals surface area contributed by atoms with Crippen LogP contribution in [0, 0.1) is 0 Å². The van der Waals surface area contributed by atoms with E-state index in [0.717, 1.165) is 16.7 Å². The number of carbonyl (C=O) groups is 1. The molecule has 0 unspecified atom stereocenters. The first-order valence-electron chi connectivity index (χ1n) is 8.21. The molecular formula is C17H22N4O4. The summed E-state index contributed by atoms with van der Waals surface area (Å²) in [5, 5.41) is 0.893. The van der Waals surface area contributed by atoms with Crippen LogP contribution in [0.15, 0.2) is 18.5 Å². The first-order chi connectivity index (χ1) is 12.2. The Bertz CT molecular complexity index is 760. The number of amides is 1. The molecule has 2 aromatic rings. The first-order valence-corrected chi connectivity index (χ1v) is 8.21.